The number of carbonyl (C=O) groups excluding carboxylic acids is 1. The van der Waals surface area contributed by atoms with Gasteiger partial charge in [-0.05, 0) is 74.6 Å². The Morgan fingerprint density at radius 3 is 2.57 bits per heavy atom. The molecular formula is C32H43N3OS. The number of benzene rings is 1. The van der Waals surface area contributed by atoms with E-state index in [-0.39, 0.29) is 5.91 Å². The zero-order chi connectivity index (χ0) is 25.9. The summed E-state index contributed by atoms with van der Waals surface area (Å²) in [4.78, 5) is 19.4. The Kier molecular flexibility index (Phi) is 8.31. The van der Waals surface area contributed by atoms with Crippen molar-refractivity contribution in [1.82, 2.24) is 14.4 Å². The Morgan fingerprint density at radius 2 is 1.86 bits per heavy atom. The van der Waals surface area contributed by atoms with Crippen molar-refractivity contribution in [3.8, 4) is 0 Å². The van der Waals surface area contributed by atoms with Gasteiger partial charge in [0.05, 0.1) is 0 Å². The molecule has 0 radical (unpaired) electrons. The fourth-order valence-corrected chi connectivity index (χ4v) is 6.88. The second-order valence-electron chi connectivity index (χ2n) is 11.4. The van der Waals surface area contributed by atoms with Crippen molar-refractivity contribution in [2.45, 2.75) is 77.9 Å². The van der Waals surface area contributed by atoms with Crippen molar-refractivity contribution >= 4 is 28.6 Å². The van der Waals surface area contributed by atoms with Gasteiger partial charge in [0, 0.05) is 72.3 Å². The molecule has 0 unspecified atom stereocenters. The molecule has 198 valence electrons. The number of fused-ring (bicyclic) bond motifs is 3. The molecule has 1 amide bonds. The summed E-state index contributed by atoms with van der Waals surface area (Å²) in [7, 11) is 0. The van der Waals surface area contributed by atoms with Crippen LogP contribution in [0.25, 0.3) is 10.9 Å². The Morgan fingerprint density at radius 1 is 1.11 bits per heavy atom. The number of amides is 1. The third-order valence-electron chi connectivity index (χ3n) is 8.82. The summed E-state index contributed by atoms with van der Waals surface area (Å²) in [6.07, 6.45) is 17.1. The second-order valence-corrected chi connectivity index (χ2v) is 12.2. The first kappa shape index (κ1) is 26.4. The quantitative estimate of drug-likeness (QED) is 0.364. The van der Waals surface area contributed by atoms with E-state index >= 15 is 0 Å². The monoisotopic (exact) mass is 517 g/mol. The zero-order valence-electron chi connectivity index (χ0n) is 23.0. The third-order valence-corrected chi connectivity index (χ3v) is 9.59. The summed E-state index contributed by atoms with van der Waals surface area (Å²) in [5.41, 5.74) is 6.37. The van der Waals surface area contributed by atoms with Gasteiger partial charge in [0.2, 0.25) is 0 Å². The maximum Gasteiger partial charge on any atom is 0.253 e. The van der Waals surface area contributed by atoms with Crippen LogP contribution < -0.4 is 0 Å². The van der Waals surface area contributed by atoms with Crippen molar-refractivity contribution in [3.05, 3.63) is 70.3 Å². The van der Waals surface area contributed by atoms with Gasteiger partial charge in [-0.2, -0.15) is 0 Å². The van der Waals surface area contributed by atoms with E-state index in [1.165, 1.54) is 58.3 Å². The van der Waals surface area contributed by atoms with Gasteiger partial charge in [-0.15, -0.1) is 11.8 Å². The molecule has 5 rings (SSSR count). The first-order valence-electron chi connectivity index (χ1n) is 14.2. The highest BCUT2D eigenvalue weighted by molar-refractivity contribution is 8.02. The molecule has 2 fully saturated rings. The fraction of sp³-hybridized carbons (Fsp3) is 0.531. The van der Waals surface area contributed by atoms with E-state index in [4.69, 9.17) is 0 Å². The van der Waals surface area contributed by atoms with Crippen LogP contribution in [0.4, 0.5) is 0 Å². The van der Waals surface area contributed by atoms with Gasteiger partial charge < -0.3 is 9.47 Å². The van der Waals surface area contributed by atoms with Crippen LogP contribution in [0.3, 0.4) is 0 Å². The number of nitrogens with zero attached hydrogens (tertiary/aromatic N) is 3. The Bertz CT molecular complexity index is 1210. The minimum absolute atomic E-state index is 0.203. The highest BCUT2D eigenvalue weighted by Gasteiger charge is 2.30. The lowest BCUT2D eigenvalue weighted by molar-refractivity contribution is 0.0697. The van der Waals surface area contributed by atoms with Gasteiger partial charge in [-0.25, -0.2) is 0 Å². The number of aromatic nitrogens is 1. The summed E-state index contributed by atoms with van der Waals surface area (Å²) in [6.45, 7) is 13.2. The molecule has 3 aliphatic rings. The van der Waals surface area contributed by atoms with E-state index in [9.17, 15) is 4.79 Å². The Balaban J connectivity index is 1.50. The van der Waals surface area contributed by atoms with E-state index in [1.807, 2.05) is 6.08 Å². The second kappa shape index (κ2) is 11.7. The highest BCUT2D eigenvalue weighted by atomic mass is 32.2. The Labute approximate surface area is 227 Å². The summed E-state index contributed by atoms with van der Waals surface area (Å²) in [5, 5.41) is 1.29. The van der Waals surface area contributed by atoms with Crippen LogP contribution in [0.1, 0.15) is 74.0 Å². The molecule has 1 aliphatic carbocycles. The smallest absolute Gasteiger partial charge is 0.253 e. The lowest BCUT2D eigenvalue weighted by atomic mass is 9.98. The van der Waals surface area contributed by atoms with E-state index in [0.717, 1.165) is 69.5 Å². The maximum absolute atomic E-state index is 13.5. The van der Waals surface area contributed by atoms with Gasteiger partial charge in [-0.1, -0.05) is 44.1 Å². The van der Waals surface area contributed by atoms with E-state index in [0.29, 0.717) is 0 Å². The molecule has 1 aromatic carbocycles. The molecule has 1 saturated heterocycles. The average Bonchev–Trinajstić information content (AvgIpc) is 3.56. The number of hydrogen-bond acceptors (Lipinski definition) is 3. The van der Waals surface area contributed by atoms with Crippen LogP contribution in [-0.4, -0.2) is 52.2 Å². The van der Waals surface area contributed by atoms with Crippen LogP contribution in [-0.2, 0) is 19.5 Å². The van der Waals surface area contributed by atoms with Crippen molar-refractivity contribution in [2.24, 2.45) is 5.92 Å². The summed E-state index contributed by atoms with van der Waals surface area (Å²) in [5.74, 6) is 0.924. The number of hydrogen-bond donors (Lipinski definition) is 0. The summed E-state index contributed by atoms with van der Waals surface area (Å²) < 4.78 is 2.53. The molecule has 0 N–H and O–H groups in total. The van der Waals surface area contributed by atoms with Crippen LogP contribution >= 0.6 is 11.8 Å². The van der Waals surface area contributed by atoms with Crippen LogP contribution in [0.5, 0.6) is 0 Å². The van der Waals surface area contributed by atoms with Crippen molar-refractivity contribution < 1.29 is 4.79 Å². The summed E-state index contributed by atoms with van der Waals surface area (Å²) in [6, 6.07) is 7.23. The molecule has 2 aromatic rings. The average molecular weight is 518 g/mol. The molecule has 0 spiro atoms. The molecule has 0 bridgehead atoms. The lowest BCUT2D eigenvalue weighted by Gasteiger charge is -2.33. The van der Waals surface area contributed by atoms with Gasteiger partial charge in [0.15, 0.2) is 0 Å². The van der Waals surface area contributed by atoms with Crippen LogP contribution in [0, 0.1) is 5.92 Å². The molecule has 4 nitrogen and oxygen atoms in total. The number of likely N-dealkylation sites (tertiary alicyclic amines) is 1. The van der Waals surface area contributed by atoms with Gasteiger partial charge in [0.25, 0.3) is 5.91 Å². The zero-order valence-corrected chi connectivity index (χ0v) is 23.8. The van der Waals surface area contributed by atoms with Crippen molar-refractivity contribution in [2.75, 3.05) is 25.9 Å². The van der Waals surface area contributed by atoms with Gasteiger partial charge in [0.1, 0.15) is 0 Å². The molecule has 1 aromatic heterocycles. The summed E-state index contributed by atoms with van der Waals surface area (Å²) >= 11 is 1.72. The molecule has 2 aliphatic heterocycles. The minimum Gasteiger partial charge on any atom is -0.340 e. The molecule has 5 heteroatoms. The van der Waals surface area contributed by atoms with Crippen LogP contribution in [0.2, 0.25) is 0 Å². The fourth-order valence-electron chi connectivity index (χ4n) is 6.51. The molecular weight excluding hydrogens is 474 g/mol. The maximum atomic E-state index is 13.5. The predicted molar refractivity (Wildman–Crippen MR) is 158 cm³/mol. The van der Waals surface area contributed by atoms with E-state index in [2.05, 4.69) is 71.4 Å². The molecule has 1 saturated carbocycles. The Hall–Kier alpha value is -2.24. The molecule has 37 heavy (non-hydrogen) atoms. The third kappa shape index (κ3) is 5.63. The number of thioether (sulfide) groups is 1. The highest BCUT2D eigenvalue weighted by Crippen LogP contribution is 2.36. The van der Waals surface area contributed by atoms with Crippen molar-refractivity contribution in [1.29, 1.82) is 0 Å². The number of rotatable bonds is 7. The van der Waals surface area contributed by atoms with Gasteiger partial charge >= 0.3 is 0 Å². The largest absolute Gasteiger partial charge is 0.340 e. The molecule has 0 atom stereocenters. The van der Waals surface area contributed by atoms with Gasteiger partial charge in [-0.3, -0.25) is 9.69 Å². The standard InChI is InChI=1S/C32H43N3OS/c1-5-27(37-4)12-10-24(3)21-35-30-13-11-25(32(36)33-17-14-23(2)15-18-33)20-28(30)29-22-34(19-16-31(29)35)26-8-6-7-9-26/h5,10-13,20,23,26H,1,6-9,14-19,21-22H2,2-4H3/b24-10+,27-12+. The number of carbonyl (C=O) groups is 1. The molecule has 3 heterocycles. The normalized spacial score (nSPS) is 20.6. The first-order chi connectivity index (χ1) is 18.0. The first-order valence-corrected chi connectivity index (χ1v) is 15.4. The van der Waals surface area contributed by atoms with Crippen molar-refractivity contribution in [3.63, 3.8) is 0 Å². The predicted octanol–water partition coefficient (Wildman–Crippen LogP) is 7.19. The lowest BCUT2D eigenvalue weighted by Crippen LogP contribution is -2.38. The minimum atomic E-state index is 0.203. The topological polar surface area (TPSA) is 28.5 Å². The number of allylic oxidation sites excluding steroid dienone is 4. The number of piperidine rings is 1. The van der Waals surface area contributed by atoms with Crippen LogP contribution in [0.15, 0.2) is 53.5 Å². The van der Waals surface area contributed by atoms with E-state index in [1.54, 1.807) is 11.8 Å². The van der Waals surface area contributed by atoms with E-state index < -0.39 is 0 Å². The SMILES string of the molecule is C=C/C(=C\C=C(/C)Cn1c2c(c3cc(C(=O)N4CCC(C)CC4)ccc31)CN(C1CCCC1)CC2)SC.